The molecule has 3 saturated carbocycles. The Bertz CT molecular complexity index is 651. The van der Waals surface area contributed by atoms with Crippen molar-refractivity contribution in [3.8, 4) is 0 Å². The van der Waals surface area contributed by atoms with Crippen LogP contribution in [0.4, 0.5) is 0 Å². The molecule has 4 rings (SSSR count). The van der Waals surface area contributed by atoms with Gasteiger partial charge in [-0.2, -0.15) is 0 Å². The summed E-state index contributed by atoms with van der Waals surface area (Å²) in [5.41, 5.74) is 0.122. The molecule has 0 bridgehead atoms. The molecule has 0 saturated heterocycles. The standard InChI is InChI=1S/C27H44O2/c1-17(2)8-6-9-18(3)20-12-13-21-25-22(14-15-26(20,21)4)27(5)19(16-23(25)28)10-7-11-24(27)29/h7,11,17-23,25,28H,6,8-10,12-16H2,1-5H3/t18-,19?,20-,21+,22+,23+,25+,26-,27+/m1/s1. The molecule has 9 atom stereocenters. The van der Waals surface area contributed by atoms with Crippen LogP contribution in [-0.2, 0) is 4.79 Å². The number of hydrogen-bond acceptors (Lipinski definition) is 2. The summed E-state index contributed by atoms with van der Waals surface area (Å²) in [5, 5.41) is 11.3. The first-order valence-corrected chi connectivity index (χ1v) is 12.6. The van der Waals surface area contributed by atoms with E-state index in [-0.39, 0.29) is 11.5 Å². The maximum Gasteiger partial charge on any atom is 0.161 e. The van der Waals surface area contributed by atoms with Crippen molar-refractivity contribution in [1.29, 1.82) is 0 Å². The smallest absolute Gasteiger partial charge is 0.161 e. The van der Waals surface area contributed by atoms with E-state index in [0.29, 0.717) is 34.9 Å². The third kappa shape index (κ3) is 3.36. The number of hydrogen-bond donors (Lipinski definition) is 1. The van der Waals surface area contributed by atoms with Gasteiger partial charge < -0.3 is 5.11 Å². The molecule has 29 heavy (non-hydrogen) atoms. The Labute approximate surface area is 178 Å². The molecule has 1 N–H and O–H groups in total. The molecule has 2 nitrogen and oxygen atoms in total. The van der Waals surface area contributed by atoms with Crippen molar-refractivity contribution in [3.05, 3.63) is 12.2 Å². The van der Waals surface area contributed by atoms with Crippen molar-refractivity contribution in [2.75, 3.05) is 0 Å². The highest BCUT2D eigenvalue weighted by Crippen LogP contribution is 2.67. The normalized spacial score (nSPS) is 47.6. The molecule has 0 aromatic heterocycles. The molecular weight excluding hydrogens is 356 g/mol. The van der Waals surface area contributed by atoms with Gasteiger partial charge in [-0.15, -0.1) is 0 Å². The van der Waals surface area contributed by atoms with E-state index < -0.39 is 0 Å². The highest BCUT2D eigenvalue weighted by atomic mass is 16.3. The predicted molar refractivity (Wildman–Crippen MR) is 119 cm³/mol. The first kappa shape index (κ1) is 21.6. The van der Waals surface area contributed by atoms with Crippen molar-refractivity contribution in [2.45, 2.75) is 98.5 Å². The van der Waals surface area contributed by atoms with E-state index >= 15 is 0 Å². The summed E-state index contributed by atoms with van der Waals surface area (Å²) >= 11 is 0. The summed E-state index contributed by atoms with van der Waals surface area (Å²) < 4.78 is 0. The number of fused-ring (bicyclic) bond motifs is 5. The van der Waals surface area contributed by atoms with Crippen LogP contribution in [0.3, 0.4) is 0 Å². The minimum Gasteiger partial charge on any atom is -0.393 e. The average molecular weight is 401 g/mol. The van der Waals surface area contributed by atoms with Gasteiger partial charge in [0.2, 0.25) is 0 Å². The van der Waals surface area contributed by atoms with Crippen molar-refractivity contribution in [3.63, 3.8) is 0 Å². The van der Waals surface area contributed by atoms with E-state index in [9.17, 15) is 9.90 Å². The molecule has 0 radical (unpaired) electrons. The molecule has 2 heteroatoms. The Morgan fingerprint density at radius 3 is 2.59 bits per heavy atom. The van der Waals surface area contributed by atoms with Gasteiger partial charge in [0, 0.05) is 5.41 Å². The van der Waals surface area contributed by atoms with Crippen LogP contribution < -0.4 is 0 Å². The Morgan fingerprint density at radius 2 is 1.86 bits per heavy atom. The van der Waals surface area contributed by atoms with Gasteiger partial charge in [0.15, 0.2) is 5.78 Å². The molecule has 0 amide bonds. The lowest BCUT2D eigenvalue weighted by atomic mass is 9.44. The van der Waals surface area contributed by atoms with Crippen LogP contribution in [0.25, 0.3) is 0 Å². The molecule has 0 heterocycles. The third-order valence-corrected chi connectivity index (χ3v) is 10.3. The number of aliphatic hydroxyl groups is 1. The second-order valence-corrected chi connectivity index (χ2v) is 12.1. The van der Waals surface area contributed by atoms with Crippen LogP contribution >= 0.6 is 0 Å². The van der Waals surface area contributed by atoms with Crippen molar-refractivity contribution in [1.82, 2.24) is 0 Å². The minimum atomic E-state index is -0.235. The SMILES string of the molecule is CC(C)CCC[C@@H](C)[C@H]1CC[C@H]2[C@@H]3[C@@H](O)CC4CC=CC(=O)[C@]4(C)[C@H]3CC[C@]12C. The molecule has 0 spiro atoms. The first-order chi connectivity index (χ1) is 13.7. The van der Waals surface area contributed by atoms with Gasteiger partial charge in [-0.05, 0) is 91.4 Å². The Hall–Kier alpha value is -0.630. The lowest BCUT2D eigenvalue weighted by Crippen LogP contribution is -2.59. The topological polar surface area (TPSA) is 37.3 Å². The Morgan fingerprint density at radius 1 is 1.10 bits per heavy atom. The summed E-state index contributed by atoms with van der Waals surface area (Å²) in [4.78, 5) is 13.1. The molecule has 0 aromatic carbocycles. The number of carbonyl (C=O) groups excluding carboxylic acids is 1. The highest BCUT2D eigenvalue weighted by molar-refractivity contribution is 5.96. The summed E-state index contributed by atoms with van der Waals surface area (Å²) in [6.07, 6.45) is 14.5. The summed E-state index contributed by atoms with van der Waals surface area (Å²) in [6.45, 7) is 12.0. The van der Waals surface area contributed by atoms with Gasteiger partial charge in [-0.3, -0.25) is 4.79 Å². The van der Waals surface area contributed by atoms with Gasteiger partial charge in [-0.1, -0.05) is 60.0 Å². The van der Waals surface area contributed by atoms with Crippen LogP contribution in [0.5, 0.6) is 0 Å². The summed E-state index contributed by atoms with van der Waals surface area (Å²) in [5.74, 6) is 4.37. The molecule has 4 aliphatic carbocycles. The number of allylic oxidation sites excluding steroid dienone is 2. The Balaban J connectivity index is 1.55. The van der Waals surface area contributed by atoms with E-state index in [1.807, 2.05) is 6.08 Å². The van der Waals surface area contributed by atoms with Crippen LogP contribution in [0, 0.1) is 52.3 Å². The fraction of sp³-hybridized carbons (Fsp3) is 0.889. The maximum absolute atomic E-state index is 13.1. The molecule has 0 aromatic rings. The van der Waals surface area contributed by atoms with Crippen LogP contribution in [0.15, 0.2) is 12.2 Å². The fourth-order valence-electron chi connectivity index (χ4n) is 8.70. The zero-order valence-corrected chi connectivity index (χ0v) is 19.5. The van der Waals surface area contributed by atoms with Gasteiger partial charge in [0.25, 0.3) is 0 Å². The van der Waals surface area contributed by atoms with Crippen molar-refractivity contribution in [2.24, 2.45) is 52.3 Å². The minimum absolute atomic E-state index is 0.211. The largest absolute Gasteiger partial charge is 0.393 e. The molecular formula is C27H44O2. The summed E-state index contributed by atoms with van der Waals surface area (Å²) in [7, 11) is 0. The molecule has 164 valence electrons. The van der Waals surface area contributed by atoms with Gasteiger partial charge in [-0.25, -0.2) is 0 Å². The van der Waals surface area contributed by atoms with E-state index in [0.717, 1.165) is 37.0 Å². The van der Waals surface area contributed by atoms with Crippen LogP contribution in [0.2, 0.25) is 0 Å². The first-order valence-electron chi connectivity index (χ1n) is 12.6. The molecule has 1 unspecified atom stereocenters. The van der Waals surface area contributed by atoms with Gasteiger partial charge in [0.1, 0.15) is 0 Å². The number of carbonyl (C=O) groups is 1. The highest BCUT2D eigenvalue weighted by Gasteiger charge is 2.63. The number of aliphatic hydroxyl groups excluding tert-OH is 1. The number of ketones is 1. The lowest BCUT2D eigenvalue weighted by molar-refractivity contribution is -0.167. The average Bonchev–Trinajstić information content (AvgIpc) is 3.01. The monoisotopic (exact) mass is 400 g/mol. The zero-order valence-electron chi connectivity index (χ0n) is 19.5. The van der Waals surface area contributed by atoms with E-state index in [4.69, 9.17) is 0 Å². The van der Waals surface area contributed by atoms with Crippen LogP contribution in [0.1, 0.15) is 92.4 Å². The molecule has 4 aliphatic rings. The molecule has 3 fully saturated rings. The number of rotatable bonds is 5. The zero-order chi connectivity index (χ0) is 21.0. The van der Waals surface area contributed by atoms with Crippen molar-refractivity contribution < 1.29 is 9.90 Å². The quantitative estimate of drug-likeness (QED) is 0.578. The van der Waals surface area contributed by atoms with Crippen molar-refractivity contribution >= 4 is 5.78 Å². The predicted octanol–water partition coefficient (Wildman–Crippen LogP) is 6.42. The molecule has 0 aliphatic heterocycles. The van der Waals surface area contributed by atoms with E-state index in [1.165, 1.54) is 38.5 Å². The summed E-state index contributed by atoms with van der Waals surface area (Å²) in [6, 6.07) is 0. The lowest BCUT2D eigenvalue weighted by Gasteiger charge is -2.60. The van der Waals surface area contributed by atoms with E-state index in [1.54, 1.807) is 0 Å². The van der Waals surface area contributed by atoms with Gasteiger partial charge in [0.05, 0.1) is 6.10 Å². The van der Waals surface area contributed by atoms with Crippen LogP contribution in [-0.4, -0.2) is 17.0 Å². The fourth-order valence-corrected chi connectivity index (χ4v) is 8.70. The Kier molecular flexibility index (Phi) is 5.82. The second kappa shape index (κ2) is 7.81. The third-order valence-electron chi connectivity index (χ3n) is 10.3. The maximum atomic E-state index is 13.1. The van der Waals surface area contributed by atoms with E-state index in [2.05, 4.69) is 40.7 Å². The second-order valence-electron chi connectivity index (χ2n) is 12.1. The van der Waals surface area contributed by atoms with Gasteiger partial charge >= 0.3 is 0 Å².